The van der Waals surface area contributed by atoms with Crippen molar-refractivity contribution in [3.63, 3.8) is 0 Å². The molecule has 2 N–H and O–H groups in total. The predicted octanol–water partition coefficient (Wildman–Crippen LogP) is 2.87. The molecule has 0 heterocycles. The van der Waals surface area contributed by atoms with Gasteiger partial charge in [-0.3, -0.25) is 4.79 Å². The highest BCUT2D eigenvalue weighted by Crippen LogP contribution is 2.29. The lowest BCUT2D eigenvalue weighted by atomic mass is 9.92. The minimum Gasteiger partial charge on any atom is -0.312 e. The molecule has 7 heteroatoms. The van der Waals surface area contributed by atoms with E-state index in [0.29, 0.717) is 6.92 Å². The molecule has 0 aromatic heterocycles. The first kappa shape index (κ1) is 14.9. The number of alkyl halides is 3. The van der Waals surface area contributed by atoms with E-state index in [1.165, 1.54) is 12.1 Å². The minimum absolute atomic E-state index is 0.0859. The maximum atomic E-state index is 13.1. The van der Waals surface area contributed by atoms with Gasteiger partial charge in [0, 0.05) is 6.42 Å². The van der Waals surface area contributed by atoms with Crippen molar-refractivity contribution in [2.45, 2.75) is 25.1 Å². The molecule has 0 aliphatic carbocycles. The Hall–Kier alpha value is -1.14. The van der Waals surface area contributed by atoms with Crippen LogP contribution in [0.15, 0.2) is 18.2 Å². The summed E-state index contributed by atoms with van der Waals surface area (Å²) in [5.41, 5.74) is 2.09. The molecule has 1 atom stereocenters. The molecule has 0 saturated carbocycles. The highest BCUT2D eigenvalue weighted by Gasteiger charge is 2.53. The largest absolute Gasteiger partial charge is 0.413 e. The first-order valence-corrected chi connectivity index (χ1v) is 5.26. The van der Waals surface area contributed by atoms with Crippen LogP contribution in [0.25, 0.3) is 0 Å². The Morgan fingerprint density at radius 1 is 1.39 bits per heavy atom. The molecule has 0 spiro atoms. The van der Waals surface area contributed by atoms with Gasteiger partial charge in [0.15, 0.2) is 11.3 Å². The molecule has 0 aliphatic heterocycles. The van der Waals surface area contributed by atoms with E-state index in [0.717, 1.165) is 6.07 Å². The lowest BCUT2D eigenvalue weighted by molar-refractivity contribution is -0.185. The number of carbonyl (C=O) groups excluding carboxylic acids is 1. The first-order valence-electron chi connectivity index (χ1n) is 4.88. The Morgan fingerprint density at radius 3 is 2.39 bits per heavy atom. The summed E-state index contributed by atoms with van der Waals surface area (Å²) in [7, 11) is 0. The maximum Gasteiger partial charge on any atom is 0.413 e. The summed E-state index contributed by atoms with van der Waals surface area (Å²) in [6.45, 7) is 0.585. The van der Waals surface area contributed by atoms with E-state index >= 15 is 0 Å². The summed E-state index contributed by atoms with van der Waals surface area (Å²) in [5.74, 6) is -2.04. The molecular weight excluding hydrogens is 274 g/mol. The van der Waals surface area contributed by atoms with Gasteiger partial charge < -0.3 is 5.73 Å². The molecule has 100 valence electrons. The third-order valence-corrected chi connectivity index (χ3v) is 2.82. The molecule has 1 unspecified atom stereocenters. The summed E-state index contributed by atoms with van der Waals surface area (Å²) in [6, 6.07) is 3.35. The number of Topliss-reactive ketones (excluding diaryl/α,β-unsaturated/α-hetero) is 1. The predicted molar refractivity (Wildman–Crippen MR) is 58.8 cm³/mol. The highest BCUT2D eigenvalue weighted by atomic mass is 35.5. The molecule has 0 bridgehead atoms. The second kappa shape index (κ2) is 4.85. The summed E-state index contributed by atoms with van der Waals surface area (Å²) < 4.78 is 50.5. The fourth-order valence-corrected chi connectivity index (χ4v) is 1.29. The number of nitrogens with two attached hydrogens (primary N) is 1. The van der Waals surface area contributed by atoms with Gasteiger partial charge in [0.05, 0.1) is 5.02 Å². The van der Waals surface area contributed by atoms with E-state index in [-0.39, 0.29) is 10.6 Å². The molecule has 2 nitrogen and oxygen atoms in total. The standard InChI is InChI=1S/C11H10ClF4NO/c1-10(17,11(14,15)16)9(18)5-6-2-3-7(12)8(13)4-6/h2-4H,5,17H2,1H3. The molecule has 0 saturated heterocycles. The lowest BCUT2D eigenvalue weighted by Gasteiger charge is -2.25. The number of benzene rings is 1. The second-order valence-corrected chi connectivity index (χ2v) is 4.46. The lowest BCUT2D eigenvalue weighted by Crippen LogP contribution is -2.57. The SMILES string of the molecule is CC(N)(C(=O)Cc1ccc(Cl)c(F)c1)C(F)(F)F. The van der Waals surface area contributed by atoms with Crippen LogP contribution in [0.1, 0.15) is 12.5 Å². The topological polar surface area (TPSA) is 43.1 Å². The van der Waals surface area contributed by atoms with Gasteiger partial charge in [-0.25, -0.2) is 4.39 Å². The number of halogens is 5. The molecule has 1 rings (SSSR count). The molecule has 18 heavy (non-hydrogen) atoms. The average molecular weight is 284 g/mol. The fourth-order valence-electron chi connectivity index (χ4n) is 1.18. The van der Waals surface area contributed by atoms with E-state index in [1.54, 1.807) is 0 Å². The van der Waals surface area contributed by atoms with E-state index in [9.17, 15) is 22.4 Å². The van der Waals surface area contributed by atoms with Crippen molar-refractivity contribution >= 4 is 17.4 Å². The number of carbonyl (C=O) groups is 1. The Bertz CT molecular complexity index is 471. The normalized spacial score (nSPS) is 15.3. The van der Waals surface area contributed by atoms with E-state index in [1.807, 2.05) is 0 Å². The van der Waals surface area contributed by atoms with Crippen LogP contribution < -0.4 is 5.73 Å². The summed E-state index contributed by atoms with van der Waals surface area (Å²) >= 11 is 5.42. The number of hydrogen-bond acceptors (Lipinski definition) is 2. The molecule has 0 fully saturated rings. The second-order valence-electron chi connectivity index (χ2n) is 4.05. The van der Waals surface area contributed by atoms with Crippen LogP contribution in [0.2, 0.25) is 5.02 Å². The molecular formula is C11H10ClF4NO. The van der Waals surface area contributed by atoms with E-state index in [2.05, 4.69) is 0 Å². The maximum absolute atomic E-state index is 13.1. The van der Waals surface area contributed by atoms with Crippen molar-refractivity contribution in [1.82, 2.24) is 0 Å². The van der Waals surface area contributed by atoms with Crippen molar-refractivity contribution in [3.05, 3.63) is 34.6 Å². The quantitative estimate of drug-likeness (QED) is 0.867. The van der Waals surface area contributed by atoms with Crippen molar-refractivity contribution in [2.75, 3.05) is 0 Å². The zero-order valence-electron chi connectivity index (χ0n) is 9.31. The number of rotatable bonds is 3. The van der Waals surface area contributed by atoms with Gasteiger partial charge in [0.1, 0.15) is 5.82 Å². The summed E-state index contributed by atoms with van der Waals surface area (Å²) in [4.78, 5) is 11.5. The third-order valence-electron chi connectivity index (χ3n) is 2.52. The Kier molecular flexibility index (Phi) is 4.02. The van der Waals surface area contributed by atoms with Crippen LogP contribution in [-0.2, 0) is 11.2 Å². The van der Waals surface area contributed by atoms with Gasteiger partial charge in [0.2, 0.25) is 0 Å². The van der Waals surface area contributed by atoms with Gasteiger partial charge in [-0.1, -0.05) is 17.7 Å². The van der Waals surface area contributed by atoms with Crippen LogP contribution in [0, 0.1) is 5.82 Å². The van der Waals surface area contributed by atoms with Crippen LogP contribution in [-0.4, -0.2) is 17.5 Å². The number of hydrogen-bond donors (Lipinski definition) is 1. The van der Waals surface area contributed by atoms with Crippen molar-refractivity contribution in [1.29, 1.82) is 0 Å². The van der Waals surface area contributed by atoms with E-state index < -0.39 is 29.7 Å². The van der Waals surface area contributed by atoms with E-state index in [4.69, 9.17) is 17.3 Å². The summed E-state index contributed by atoms with van der Waals surface area (Å²) in [5, 5.41) is -0.169. The first-order chi connectivity index (χ1) is 8.05. The minimum atomic E-state index is -4.85. The molecule has 0 amide bonds. The smallest absolute Gasteiger partial charge is 0.312 e. The fraction of sp³-hybridized carbons (Fsp3) is 0.364. The Morgan fingerprint density at radius 2 is 1.94 bits per heavy atom. The monoisotopic (exact) mass is 283 g/mol. The summed E-state index contributed by atoms with van der Waals surface area (Å²) in [6.07, 6.45) is -5.46. The zero-order valence-corrected chi connectivity index (χ0v) is 10.1. The van der Waals surface area contributed by atoms with Crippen LogP contribution in [0.3, 0.4) is 0 Å². The third kappa shape index (κ3) is 3.00. The van der Waals surface area contributed by atoms with Gasteiger partial charge >= 0.3 is 6.18 Å². The molecule has 0 radical (unpaired) electrons. The molecule has 0 aliphatic rings. The number of ketones is 1. The van der Waals surface area contributed by atoms with Gasteiger partial charge in [-0.2, -0.15) is 13.2 Å². The van der Waals surface area contributed by atoms with Gasteiger partial charge in [-0.15, -0.1) is 0 Å². The van der Waals surface area contributed by atoms with Crippen molar-refractivity contribution < 1.29 is 22.4 Å². The molecule has 1 aromatic carbocycles. The zero-order chi connectivity index (χ0) is 14.1. The van der Waals surface area contributed by atoms with Crippen LogP contribution >= 0.6 is 11.6 Å². The van der Waals surface area contributed by atoms with Gasteiger partial charge in [-0.05, 0) is 24.6 Å². The Balaban J connectivity index is 2.91. The Labute approximate surface area is 106 Å². The molecule has 1 aromatic rings. The average Bonchev–Trinajstić information content (AvgIpc) is 2.21. The van der Waals surface area contributed by atoms with Gasteiger partial charge in [0.25, 0.3) is 0 Å². The van der Waals surface area contributed by atoms with Crippen LogP contribution in [0.5, 0.6) is 0 Å². The van der Waals surface area contributed by atoms with Crippen LogP contribution in [0.4, 0.5) is 17.6 Å². The van der Waals surface area contributed by atoms with Crippen molar-refractivity contribution in [2.24, 2.45) is 5.73 Å². The van der Waals surface area contributed by atoms with Crippen molar-refractivity contribution in [3.8, 4) is 0 Å². The highest BCUT2D eigenvalue weighted by molar-refractivity contribution is 6.30.